The van der Waals surface area contributed by atoms with E-state index in [-0.39, 0.29) is 6.61 Å². The standard InChI is InChI=1S/C25H31NO7/c1-16(2)7-10-19-20(29-3)11-8-18(9-12-23(27)26-28)24(19)33-15-17-13-21(30-4)25(32-6)22(14-17)31-5/h7-9,11-14,28H,10,15H2,1-6H3,(H,26,27). The number of amides is 1. The normalized spacial score (nSPS) is 10.5. The van der Waals surface area contributed by atoms with Gasteiger partial charge in [-0.15, -0.1) is 0 Å². The molecule has 0 aliphatic rings. The fourth-order valence-corrected chi connectivity index (χ4v) is 3.20. The molecule has 0 heterocycles. The molecule has 33 heavy (non-hydrogen) atoms. The van der Waals surface area contributed by atoms with Crippen LogP contribution in [0.25, 0.3) is 6.08 Å². The molecule has 2 rings (SSSR count). The maximum Gasteiger partial charge on any atom is 0.267 e. The van der Waals surface area contributed by atoms with Gasteiger partial charge in [0.15, 0.2) is 11.5 Å². The zero-order chi connectivity index (χ0) is 24.4. The number of rotatable bonds is 11. The molecule has 0 spiro atoms. The first kappa shape index (κ1) is 25.6. The first-order valence-electron chi connectivity index (χ1n) is 10.3. The molecule has 0 aliphatic carbocycles. The zero-order valence-corrected chi connectivity index (χ0v) is 19.9. The molecule has 178 valence electrons. The van der Waals surface area contributed by atoms with Crippen LogP contribution in [0.15, 0.2) is 42.0 Å². The van der Waals surface area contributed by atoms with Crippen molar-refractivity contribution in [2.75, 3.05) is 28.4 Å². The number of hydrogen-bond donors (Lipinski definition) is 2. The Balaban J connectivity index is 2.53. The van der Waals surface area contributed by atoms with Crippen LogP contribution in [0.1, 0.15) is 30.5 Å². The summed E-state index contributed by atoms with van der Waals surface area (Å²) in [5.41, 5.74) is 5.01. The van der Waals surface area contributed by atoms with Crippen molar-refractivity contribution >= 4 is 12.0 Å². The van der Waals surface area contributed by atoms with Gasteiger partial charge in [0.2, 0.25) is 5.75 Å². The molecule has 0 radical (unpaired) electrons. The molecule has 2 aromatic rings. The summed E-state index contributed by atoms with van der Waals surface area (Å²) in [5, 5.41) is 8.81. The molecule has 0 saturated carbocycles. The van der Waals surface area contributed by atoms with E-state index in [2.05, 4.69) is 6.08 Å². The Morgan fingerprint density at radius 3 is 2.09 bits per heavy atom. The molecule has 1 amide bonds. The third-order valence-electron chi connectivity index (χ3n) is 4.81. The number of allylic oxidation sites excluding steroid dienone is 2. The fourth-order valence-electron chi connectivity index (χ4n) is 3.20. The number of carbonyl (C=O) groups is 1. The Bertz CT molecular complexity index is 999. The van der Waals surface area contributed by atoms with Gasteiger partial charge < -0.3 is 23.7 Å². The molecular formula is C25H31NO7. The summed E-state index contributed by atoms with van der Waals surface area (Å²) in [4.78, 5) is 11.5. The first-order valence-corrected chi connectivity index (χ1v) is 10.3. The summed E-state index contributed by atoms with van der Waals surface area (Å²) in [7, 11) is 6.25. The highest BCUT2D eigenvalue weighted by Crippen LogP contribution is 2.39. The SMILES string of the molecule is COc1ccc(C=CC(=O)NO)c(OCc2cc(OC)c(OC)c(OC)c2)c1CC=C(C)C. The highest BCUT2D eigenvalue weighted by molar-refractivity contribution is 5.91. The number of hydrogen-bond acceptors (Lipinski definition) is 7. The van der Waals surface area contributed by atoms with Gasteiger partial charge in [0.05, 0.1) is 28.4 Å². The van der Waals surface area contributed by atoms with Crippen molar-refractivity contribution in [3.05, 3.63) is 58.7 Å². The van der Waals surface area contributed by atoms with Crippen molar-refractivity contribution in [3.63, 3.8) is 0 Å². The Morgan fingerprint density at radius 2 is 1.58 bits per heavy atom. The van der Waals surface area contributed by atoms with E-state index in [0.717, 1.165) is 16.7 Å². The average Bonchev–Trinajstić information content (AvgIpc) is 2.83. The van der Waals surface area contributed by atoms with Gasteiger partial charge in [-0.2, -0.15) is 0 Å². The summed E-state index contributed by atoms with van der Waals surface area (Å²) in [5.74, 6) is 2.11. The van der Waals surface area contributed by atoms with Crippen LogP contribution in [0.3, 0.4) is 0 Å². The smallest absolute Gasteiger partial charge is 0.267 e. The molecule has 0 unspecified atom stereocenters. The van der Waals surface area contributed by atoms with E-state index in [9.17, 15) is 4.79 Å². The maximum atomic E-state index is 11.5. The maximum absolute atomic E-state index is 11.5. The van der Waals surface area contributed by atoms with Crippen molar-refractivity contribution < 1.29 is 33.7 Å². The molecule has 0 saturated heterocycles. The van der Waals surface area contributed by atoms with Gasteiger partial charge >= 0.3 is 0 Å². The molecule has 0 aromatic heterocycles. The molecule has 8 nitrogen and oxygen atoms in total. The zero-order valence-electron chi connectivity index (χ0n) is 19.9. The monoisotopic (exact) mass is 457 g/mol. The predicted octanol–water partition coefficient (Wildman–Crippen LogP) is 4.33. The van der Waals surface area contributed by atoms with E-state index in [4.69, 9.17) is 28.9 Å². The van der Waals surface area contributed by atoms with E-state index in [0.29, 0.717) is 40.7 Å². The largest absolute Gasteiger partial charge is 0.496 e. The van der Waals surface area contributed by atoms with Crippen LogP contribution in [0.5, 0.6) is 28.7 Å². The van der Waals surface area contributed by atoms with Crippen molar-refractivity contribution in [1.82, 2.24) is 5.48 Å². The van der Waals surface area contributed by atoms with Crippen molar-refractivity contribution in [1.29, 1.82) is 0 Å². The number of nitrogens with one attached hydrogen (secondary N) is 1. The summed E-state index contributed by atoms with van der Waals surface area (Å²) in [6, 6.07) is 7.23. The number of benzene rings is 2. The van der Waals surface area contributed by atoms with Crippen LogP contribution in [-0.4, -0.2) is 39.6 Å². The van der Waals surface area contributed by atoms with Gasteiger partial charge in [-0.25, -0.2) is 5.48 Å². The fraction of sp³-hybridized carbons (Fsp3) is 0.320. The van der Waals surface area contributed by atoms with Crippen LogP contribution >= 0.6 is 0 Å². The van der Waals surface area contributed by atoms with E-state index in [1.54, 1.807) is 46.1 Å². The predicted molar refractivity (Wildman–Crippen MR) is 126 cm³/mol. The van der Waals surface area contributed by atoms with Crippen LogP contribution in [0.2, 0.25) is 0 Å². The summed E-state index contributed by atoms with van der Waals surface area (Å²) < 4.78 is 28.1. The first-order chi connectivity index (χ1) is 15.9. The minimum atomic E-state index is -0.646. The van der Waals surface area contributed by atoms with Crippen LogP contribution in [0.4, 0.5) is 0 Å². The van der Waals surface area contributed by atoms with Crippen molar-refractivity contribution in [2.24, 2.45) is 0 Å². The van der Waals surface area contributed by atoms with E-state index < -0.39 is 5.91 Å². The Hall–Kier alpha value is -3.65. The summed E-state index contributed by atoms with van der Waals surface area (Å²) >= 11 is 0. The van der Waals surface area contributed by atoms with Gasteiger partial charge in [-0.1, -0.05) is 11.6 Å². The second-order valence-electron chi connectivity index (χ2n) is 7.28. The Morgan fingerprint density at radius 1 is 0.939 bits per heavy atom. The Kier molecular flexibility index (Phi) is 9.62. The van der Waals surface area contributed by atoms with Gasteiger partial charge in [0.1, 0.15) is 18.1 Å². The lowest BCUT2D eigenvalue weighted by atomic mass is 10.0. The third-order valence-corrected chi connectivity index (χ3v) is 4.81. The lowest BCUT2D eigenvalue weighted by Gasteiger charge is -2.18. The molecular weight excluding hydrogens is 426 g/mol. The molecule has 0 fully saturated rings. The molecule has 0 atom stereocenters. The van der Waals surface area contributed by atoms with Crippen molar-refractivity contribution in [2.45, 2.75) is 26.9 Å². The van der Waals surface area contributed by atoms with Crippen LogP contribution < -0.4 is 29.2 Å². The van der Waals surface area contributed by atoms with E-state index in [1.165, 1.54) is 6.08 Å². The number of ether oxygens (including phenoxy) is 5. The van der Waals surface area contributed by atoms with E-state index >= 15 is 0 Å². The highest BCUT2D eigenvalue weighted by atomic mass is 16.5. The third kappa shape index (κ3) is 6.66. The number of methoxy groups -OCH3 is 4. The molecule has 8 heteroatoms. The minimum Gasteiger partial charge on any atom is -0.496 e. The molecule has 0 aliphatic heterocycles. The topological polar surface area (TPSA) is 95.5 Å². The van der Waals surface area contributed by atoms with Gasteiger partial charge in [0, 0.05) is 17.2 Å². The summed E-state index contributed by atoms with van der Waals surface area (Å²) in [6.07, 6.45) is 5.43. The van der Waals surface area contributed by atoms with Gasteiger partial charge in [-0.3, -0.25) is 10.0 Å². The second-order valence-corrected chi connectivity index (χ2v) is 7.28. The lowest BCUT2D eigenvalue weighted by molar-refractivity contribution is -0.124. The van der Waals surface area contributed by atoms with Crippen molar-refractivity contribution in [3.8, 4) is 28.7 Å². The average molecular weight is 458 g/mol. The van der Waals surface area contributed by atoms with Gasteiger partial charge in [0.25, 0.3) is 5.91 Å². The second kappa shape index (κ2) is 12.4. The summed E-state index contributed by atoms with van der Waals surface area (Å²) in [6.45, 7) is 4.22. The molecule has 2 N–H and O–H groups in total. The lowest BCUT2D eigenvalue weighted by Crippen LogP contribution is -2.14. The van der Waals surface area contributed by atoms with Gasteiger partial charge in [-0.05, 0) is 56.2 Å². The highest BCUT2D eigenvalue weighted by Gasteiger charge is 2.17. The quantitative estimate of drug-likeness (QED) is 0.224. The molecule has 2 aromatic carbocycles. The number of carbonyl (C=O) groups excluding carboxylic acids is 1. The molecule has 0 bridgehead atoms. The number of hydroxylamine groups is 1. The van der Waals surface area contributed by atoms with Crippen LogP contribution in [-0.2, 0) is 17.8 Å². The minimum absolute atomic E-state index is 0.193. The van der Waals surface area contributed by atoms with E-state index in [1.807, 2.05) is 32.0 Å². The Labute approximate surface area is 194 Å². The van der Waals surface area contributed by atoms with Crippen LogP contribution in [0, 0.1) is 0 Å².